The number of aromatic carboxylic acids is 1. The van der Waals surface area contributed by atoms with Gasteiger partial charge in [-0.1, -0.05) is 0 Å². The second kappa shape index (κ2) is 3.25. The normalized spacial score (nSPS) is 15.2. The van der Waals surface area contributed by atoms with Gasteiger partial charge in [0, 0.05) is 12.0 Å². The summed E-state index contributed by atoms with van der Waals surface area (Å²) in [6, 6.07) is 1.33. The maximum atomic E-state index is 10.7. The molecule has 0 aromatic carbocycles. The zero-order chi connectivity index (χ0) is 10.1. The minimum atomic E-state index is -1.05. The lowest BCUT2D eigenvalue weighted by Crippen LogP contribution is -2.06. The Hall–Kier alpha value is -1.65. The van der Waals surface area contributed by atoms with Crippen molar-refractivity contribution in [3.8, 4) is 5.88 Å². The predicted molar refractivity (Wildman–Crippen MR) is 47.5 cm³/mol. The van der Waals surface area contributed by atoms with E-state index in [2.05, 4.69) is 9.97 Å². The third-order valence-electron chi connectivity index (χ3n) is 2.09. The van der Waals surface area contributed by atoms with Crippen LogP contribution in [-0.2, 0) is 0 Å². The largest absolute Gasteiger partial charge is 0.481 e. The Morgan fingerprint density at radius 2 is 2.29 bits per heavy atom. The average molecular weight is 194 g/mol. The van der Waals surface area contributed by atoms with Gasteiger partial charge in [0.1, 0.15) is 5.82 Å². The first kappa shape index (κ1) is 8.93. The second-order valence-electron chi connectivity index (χ2n) is 3.23. The molecule has 0 atom stereocenters. The van der Waals surface area contributed by atoms with Crippen LogP contribution in [0.15, 0.2) is 6.07 Å². The molecule has 1 fully saturated rings. The highest BCUT2D eigenvalue weighted by Crippen LogP contribution is 2.38. The molecule has 5 nitrogen and oxygen atoms in total. The number of ether oxygens (including phenoxy) is 1. The number of carbonyl (C=O) groups is 1. The fourth-order valence-electron chi connectivity index (χ4n) is 1.18. The van der Waals surface area contributed by atoms with E-state index in [1.54, 1.807) is 0 Å². The number of methoxy groups -OCH3 is 1. The van der Waals surface area contributed by atoms with Crippen molar-refractivity contribution in [2.75, 3.05) is 7.11 Å². The van der Waals surface area contributed by atoms with E-state index in [9.17, 15) is 4.79 Å². The minimum Gasteiger partial charge on any atom is -0.481 e. The molecule has 1 aromatic rings. The van der Waals surface area contributed by atoms with Gasteiger partial charge in [-0.25, -0.2) is 9.78 Å². The quantitative estimate of drug-likeness (QED) is 0.778. The third-order valence-corrected chi connectivity index (χ3v) is 2.09. The van der Waals surface area contributed by atoms with Gasteiger partial charge in [-0.05, 0) is 12.8 Å². The van der Waals surface area contributed by atoms with Gasteiger partial charge in [-0.15, -0.1) is 0 Å². The number of hydrogen-bond donors (Lipinski definition) is 1. The number of carboxylic acids is 1. The summed E-state index contributed by atoms with van der Waals surface area (Å²) in [5, 5.41) is 8.79. The molecular weight excluding hydrogens is 184 g/mol. The van der Waals surface area contributed by atoms with E-state index in [-0.39, 0.29) is 5.69 Å². The van der Waals surface area contributed by atoms with Gasteiger partial charge in [-0.2, -0.15) is 4.98 Å². The highest BCUT2D eigenvalue weighted by atomic mass is 16.5. The molecule has 1 aliphatic rings. The molecule has 1 aliphatic carbocycles. The summed E-state index contributed by atoms with van der Waals surface area (Å²) in [7, 11) is 1.46. The van der Waals surface area contributed by atoms with E-state index >= 15 is 0 Å². The van der Waals surface area contributed by atoms with E-state index < -0.39 is 5.97 Å². The smallest absolute Gasteiger partial charge is 0.354 e. The van der Waals surface area contributed by atoms with Crippen molar-refractivity contribution in [3.05, 3.63) is 17.6 Å². The van der Waals surface area contributed by atoms with Crippen molar-refractivity contribution < 1.29 is 14.6 Å². The molecule has 1 N–H and O–H groups in total. The van der Waals surface area contributed by atoms with Gasteiger partial charge in [-0.3, -0.25) is 0 Å². The first-order valence-corrected chi connectivity index (χ1v) is 4.37. The lowest BCUT2D eigenvalue weighted by Gasteiger charge is -2.03. The number of rotatable bonds is 3. The lowest BCUT2D eigenvalue weighted by molar-refractivity contribution is 0.0689. The summed E-state index contributed by atoms with van der Waals surface area (Å²) < 4.78 is 4.91. The van der Waals surface area contributed by atoms with Crippen LogP contribution in [0.4, 0.5) is 0 Å². The summed E-state index contributed by atoms with van der Waals surface area (Å²) in [4.78, 5) is 18.8. The van der Waals surface area contributed by atoms with Crippen LogP contribution in [0.3, 0.4) is 0 Å². The fourth-order valence-corrected chi connectivity index (χ4v) is 1.18. The van der Waals surface area contributed by atoms with Crippen LogP contribution in [0, 0.1) is 0 Å². The number of hydrogen-bond acceptors (Lipinski definition) is 4. The zero-order valence-corrected chi connectivity index (χ0v) is 7.73. The summed E-state index contributed by atoms with van der Waals surface area (Å²) in [5.74, 6) is 0.178. The molecule has 0 spiro atoms. The molecule has 0 unspecified atom stereocenters. The van der Waals surface area contributed by atoms with E-state index in [1.807, 2.05) is 0 Å². The SMILES string of the molecule is COc1cc(C(=O)O)nc(C2CC2)n1. The highest BCUT2D eigenvalue weighted by molar-refractivity contribution is 5.85. The molecule has 74 valence electrons. The summed E-state index contributed by atoms with van der Waals surface area (Å²) >= 11 is 0. The monoisotopic (exact) mass is 194 g/mol. The number of carboxylic acid groups (broad SMARTS) is 1. The molecule has 1 saturated carbocycles. The maximum Gasteiger partial charge on any atom is 0.354 e. The fraction of sp³-hybridized carbons (Fsp3) is 0.444. The van der Waals surface area contributed by atoms with Crippen molar-refractivity contribution in [3.63, 3.8) is 0 Å². The number of aromatic nitrogens is 2. The molecule has 14 heavy (non-hydrogen) atoms. The zero-order valence-electron chi connectivity index (χ0n) is 7.73. The topological polar surface area (TPSA) is 72.3 Å². The van der Waals surface area contributed by atoms with Crippen LogP contribution >= 0.6 is 0 Å². The Bertz CT molecular complexity index is 374. The first-order valence-electron chi connectivity index (χ1n) is 4.37. The van der Waals surface area contributed by atoms with Crippen LogP contribution in [0.25, 0.3) is 0 Å². The standard InChI is InChI=1S/C9H10N2O3/c1-14-7-4-6(9(12)13)10-8(11-7)5-2-3-5/h4-5H,2-3H2,1H3,(H,12,13). The molecule has 0 aliphatic heterocycles. The van der Waals surface area contributed by atoms with Gasteiger partial charge in [0.15, 0.2) is 5.69 Å². The molecule has 0 bridgehead atoms. The Morgan fingerprint density at radius 1 is 1.57 bits per heavy atom. The van der Waals surface area contributed by atoms with Gasteiger partial charge < -0.3 is 9.84 Å². The van der Waals surface area contributed by atoms with Gasteiger partial charge >= 0.3 is 5.97 Å². The molecule has 5 heteroatoms. The van der Waals surface area contributed by atoms with E-state index in [0.29, 0.717) is 17.6 Å². The van der Waals surface area contributed by atoms with Crippen LogP contribution < -0.4 is 4.74 Å². The molecule has 2 rings (SSSR count). The van der Waals surface area contributed by atoms with Crippen molar-refractivity contribution in [1.82, 2.24) is 9.97 Å². The summed E-state index contributed by atoms with van der Waals surface area (Å²) in [6.45, 7) is 0. The first-order chi connectivity index (χ1) is 6.70. The molecule has 0 saturated heterocycles. The van der Waals surface area contributed by atoms with Gasteiger partial charge in [0.25, 0.3) is 0 Å². The van der Waals surface area contributed by atoms with E-state index in [1.165, 1.54) is 13.2 Å². The predicted octanol–water partition coefficient (Wildman–Crippen LogP) is 1.06. The maximum absolute atomic E-state index is 10.7. The highest BCUT2D eigenvalue weighted by Gasteiger charge is 2.28. The molecule has 1 aromatic heterocycles. The summed E-state index contributed by atoms with van der Waals surface area (Å²) in [5.41, 5.74) is -0.00116. The molecule has 1 heterocycles. The van der Waals surface area contributed by atoms with Gasteiger partial charge in [0.2, 0.25) is 5.88 Å². The van der Waals surface area contributed by atoms with E-state index in [4.69, 9.17) is 9.84 Å². The second-order valence-corrected chi connectivity index (χ2v) is 3.23. The Balaban J connectivity index is 2.40. The van der Waals surface area contributed by atoms with Crippen LogP contribution in [0.5, 0.6) is 5.88 Å². The summed E-state index contributed by atoms with van der Waals surface area (Å²) in [6.07, 6.45) is 2.07. The Labute approximate surface area is 80.8 Å². The molecule has 0 radical (unpaired) electrons. The Kier molecular flexibility index (Phi) is 2.07. The van der Waals surface area contributed by atoms with Crippen LogP contribution in [-0.4, -0.2) is 28.2 Å². The van der Waals surface area contributed by atoms with Crippen molar-refractivity contribution >= 4 is 5.97 Å². The van der Waals surface area contributed by atoms with E-state index in [0.717, 1.165) is 12.8 Å². The van der Waals surface area contributed by atoms with Crippen LogP contribution in [0.2, 0.25) is 0 Å². The number of nitrogens with zero attached hydrogens (tertiary/aromatic N) is 2. The lowest BCUT2D eigenvalue weighted by atomic mass is 10.3. The molecular formula is C9H10N2O3. The molecule has 0 amide bonds. The van der Waals surface area contributed by atoms with Gasteiger partial charge in [0.05, 0.1) is 7.11 Å². The van der Waals surface area contributed by atoms with Crippen molar-refractivity contribution in [1.29, 1.82) is 0 Å². The minimum absolute atomic E-state index is 0.00116. The van der Waals surface area contributed by atoms with Crippen molar-refractivity contribution in [2.45, 2.75) is 18.8 Å². The van der Waals surface area contributed by atoms with Crippen LogP contribution in [0.1, 0.15) is 35.1 Å². The third kappa shape index (κ3) is 1.66. The Morgan fingerprint density at radius 3 is 2.79 bits per heavy atom. The average Bonchev–Trinajstić information content (AvgIpc) is 3.00. The van der Waals surface area contributed by atoms with Crippen molar-refractivity contribution in [2.24, 2.45) is 0 Å².